The van der Waals surface area contributed by atoms with Gasteiger partial charge in [0.2, 0.25) is 0 Å². The summed E-state index contributed by atoms with van der Waals surface area (Å²) in [5, 5.41) is 3.78. The van der Waals surface area contributed by atoms with Gasteiger partial charge in [0.1, 0.15) is 0 Å². The highest BCUT2D eigenvalue weighted by Gasteiger charge is 2.28. The second kappa shape index (κ2) is 6.38. The molecule has 0 saturated heterocycles. The molecule has 2 unspecified atom stereocenters. The van der Waals surface area contributed by atoms with Crippen molar-refractivity contribution in [2.45, 2.75) is 52.5 Å². The summed E-state index contributed by atoms with van der Waals surface area (Å²) >= 11 is 0. The fraction of sp³-hybridized carbons (Fsp3) is 0.647. The number of nitrogens with one attached hydrogen (secondary N) is 1. The molecule has 0 radical (unpaired) electrons. The monoisotopic (exact) mass is 245 g/mol. The highest BCUT2D eigenvalue weighted by Crippen LogP contribution is 2.37. The van der Waals surface area contributed by atoms with Crippen molar-refractivity contribution in [1.29, 1.82) is 0 Å². The lowest BCUT2D eigenvalue weighted by Gasteiger charge is -2.35. The van der Waals surface area contributed by atoms with E-state index >= 15 is 0 Å². The Balaban J connectivity index is 2.19. The zero-order valence-corrected chi connectivity index (χ0v) is 12.1. The summed E-state index contributed by atoms with van der Waals surface area (Å²) in [4.78, 5) is 0. The van der Waals surface area contributed by atoms with Crippen molar-refractivity contribution in [3.8, 4) is 0 Å². The Bertz CT molecular complexity index is 370. The van der Waals surface area contributed by atoms with Crippen LogP contribution in [0.5, 0.6) is 0 Å². The molecule has 100 valence electrons. The van der Waals surface area contributed by atoms with E-state index in [1.807, 2.05) is 0 Å². The van der Waals surface area contributed by atoms with E-state index in [2.05, 4.69) is 50.4 Å². The summed E-state index contributed by atoms with van der Waals surface area (Å²) < 4.78 is 0. The largest absolute Gasteiger partial charge is 0.310 e. The van der Waals surface area contributed by atoms with Crippen LogP contribution in [0.2, 0.25) is 0 Å². The Kier molecular flexibility index (Phi) is 4.82. The van der Waals surface area contributed by atoms with Gasteiger partial charge in [-0.15, -0.1) is 0 Å². The molecule has 1 aliphatic carbocycles. The summed E-state index contributed by atoms with van der Waals surface area (Å²) in [6, 6.07) is 9.59. The van der Waals surface area contributed by atoms with E-state index in [-0.39, 0.29) is 0 Å². The number of hydrogen-bond acceptors (Lipinski definition) is 1. The first kappa shape index (κ1) is 13.6. The van der Waals surface area contributed by atoms with Gasteiger partial charge in [0, 0.05) is 6.04 Å². The molecule has 0 heterocycles. The van der Waals surface area contributed by atoms with Crippen molar-refractivity contribution in [3.63, 3.8) is 0 Å². The van der Waals surface area contributed by atoms with Crippen LogP contribution in [-0.2, 0) is 6.42 Å². The molecule has 2 atom stereocenters. The van der Waals surface area contributed by atoms with Gasteiger partial charge in [0.15, 0.2) is 0 Å². The standard InChI is InChI=1S/C17H27N/c1-4-11-18-17-15(12-13(2)3)10-9-14-7-5-6-8-16(14)17/h5-8,13,15,17-18H,4,9-12H2,1-3H3. The molecule has 0 fully saturated rings. The average Bonchev–Trinajstić information content (AvgIpc) is 2.37. The van der Waals surface area contributed by atoms with Crippen molar-refractivity contribution >= 4 is 0 Å². The Morgan fingerprint density at radius 2 is 2.06 bits per heavy atom. The Morgan fingerprint density at radius 3 is 2.78 bits per heavy atom. The molecular formula is C17H27N. The molecule has 1 aromatic rings. The van der Waals surface area contributed by atoms with Crippen molar-refractivity contribution in [2.75, 3.05) is 6.54 Å². The predicted molar refractivity (Wildman–Crippen MR) is 78.7 cm³/mol. The molecule has 0 saturated carbocycles. The average molecular weight is 245 g/mol. The molecule has 1 aliphatic rings. The van der Waals surface area contributed by atoms with E-state index in [1.54, 1.807) is 11.1 Å². The first-order chi connectivity index (χ1) is 8.72. The van der Waals surface area contributed by atoms with Crippen LogP contribution in [0.1, 0.15) is 57.2 Å². The van der Waals surface area contributed by atoms with Gasteiger partial charge in [-0.25, -0.2) is 0 Å². The zero-order chi connectivity index (χ0) is 13.0. The number of hydrogen-bond donors (Lipinski definition) is 1. The summed E-state index contributed by atoms with van der Waals surface area (Å²) in [6.45, 7) is 8.07. The van der Waals surface area contributed by atoms with Crippen molar-refractivity contribution in [2.24, 2.45) is 11.8 Å². The molecule has 1 nitrogen and oxygen atoms in total. The molecule has 2 rings (SSSR count). The summed E-state index contributed by atoms with van der Waals surface area (Å²) in [7, 11) is 0. The van der Waals surface area contributed by atoms with Gasteiger partial charge in [0.05, 0.1) is 0 Å². The van der Waals surface area contributed by atoms with E-state index in [0.29, 0.717) is 6.04 Å². The molecular weight excluding hydrogens is 218 g/mol. The molecule has 1 N–H and O–H groups in total. The maximum absolute atomic E-state index is 3.78. The smallest absolute Gasteiger partial charge is 0.0351 e. The van der Waals surface area contributed by atoms with Crippen LogP contribution in [0.4, 0.5) is 0 Å². The Labute approximate surface area is 112 Å². The molecule has 0 aliphatic heterocycles. The number of fused-ring (bicyclic) bond motifs is 1. The van der Waals surface area contributed by atoms with Gasteiger partial charge in [-0.2, -0.15) is 0 Å². The van der Waals surface area contributed by atoms with E-state index in [1.165, 1.54) is 25.7 Å². The van der Waals surface area contributed by atoms with Crippen LogP contribution in [0.3, 0.4) is 0 Å². The van der Waals surface area contributed by atoms with Crippen LogP contribution in [0.15, 0.2) is 24.3 Å². The van der Waals surface area contributed by atoms with E-state index in [0.717, 1.165) is 18.4 Å². The maximum atomic E-state index is 3.78. The fourth-order valence-electron chi connectivity index (χ4n) is 3.26. The fourth-order valence-corrected chi connectivity index (χ4v) is 3.26. The SMILES string of the molecule is CCCNC1c2ccccc2CCC1CC(C)C. The van der Waals surface area contributed by atoms with Gasteiger partial charge < -0.3 is 5.32 Å². The van der Waals surface area contributed by atoms with Crippen LogP contribution in [0, 0.1) is 11.8 Å². The molecule has 1 aromatic carbocycles. The number of rotatable bonds is 5. The predicted octanol–water partition coefficient (Wildman–Crippen LogP) is 4.34. The van der Waals surface area contributed by atoms with Gasteiger partial charge in [0.25, 0.3) is 0 Å². The normalized spacial score (nSPS) is 23.1. The van der Waals surface area contributed by atoms with E-state index < -0.39 is 0 Å². The van der Waals surface area contributed by atoms with Gasteiger partial charge in [-0.3, -0.25) is 0 Å². The third-order valence-corrected chi connectivity index (χ3v) is 4.03. The summed E-state index contributed by atoms with van der Waals surface area (Å²) in [5.41, 5.74) is 3.12. The van der Waals surface area contributed by atoms with Gasteiger partial charge >= 0.3 is 0 Å². The van der Waals surface area contributed by atoms with Crippen molar-refractivity contribution in [1.82, 2.24) is 5.32 Å². The highest BCUT2D eigenvalue weighted by atomic mass is 14.9. The van der Waals surface area contributed by atoms with Crippen LogP contribution < -0.4 is 5.32 Å². The molecule has 0 spiro atoms. The summed E-state index contributed by atoms with van der Waals surface area (Å²) in [6.07, 6.45) is 5.16. The molecule has 18 heavy (non-hydrogen) atoms. The minimum absolute atomic E-state index is 0.581. The minimum atomic E-state index is 0.581. The topological polar surface area (TPSA) is 12.0 Å². The van der Waals surface area contributed by atoms with Crippen LogP contribution in [-0.4, -0.2) is 6.54 Å². The third-order valence-electron chi connectivity index (χ3n) is 4.03. The minimum Gasteiger partial charge on any atom is -0.310 e. The zero-order valence-electron chi connectivity index (χ0n) is 12.1. The lowest BCUT2D eigenvalue weighted by atomic mass is 9.76. The highest BCUT2D eigenvalue weighted by molar-refractivity contribution is 5.33. The van der Waals surface area contributed by atoms with Gasteiger partial charge in [-0.05, 0) is 55.2 Å². The molecule has 0 aromatic heterocycles. The Morgan fingerprint density at radius 1 is 1.28 bits per heavy atom. The van der Waals surface area contributed by atoms with Crippen LogP contribution >= 0.6 is 0 Å². The van der Waals surface area contributed by atoms with Crippen molar-refractivity contribution < 1.29 is 0 Å². The molecule has 0 amide bonds. The number of benzene rings is 1. The molecule has 0 bridgehead atoms. The van der Waals surface area contributed by atoms with E-state index in [4.69, 9.17) is 0 Å². The molecule has 1 heteroatoms. The van der Waals surface area contributed by atoms with Gasteiger partial charge in [-0.1, -0.05) is 45.0 Å². The number of aryl methyl sites for hydroxylation is 1. The second-order valence-electron chi connectivity index (χ2n) is 6.06. The lowest BCUT2D eigenvalue weighted by Crippen LogP contribution is -2.33. The summed E-state index contributed by atoms with van der Waals surface area (Å²) in [5.74, 6) is 1.61. The maximum Gasteiger partial charge on any atom is 0.0351 e. The Hall–Kier alpha value is -0.820. The quantitative estimate of drug-likeness (QED) is 0.814. The first-order valence-corrected chi connectivity index (χ1v) is 7.53. The lowest BCUT2D eigenvalue weighted by molar-refractivity contribution is 0.274. The van der Waals surface area contributed by atoms with Crippen LogP contribution in [0.25, 0.3) is 0 Å². The first-order valence-electron chi connectivity index (χ1n) is 7.53. The second-order valence-corrected chi connectivity index (χ2v) is 6.06. The van der Waals surface area contributed by atoms with E-state index in [9.17, 15) is 0 Å². The third kappa shape index (κ3) is 3.14. The van der Waals surface area contributed by atoms with Crippen molar-refractivity contribution in [3.05, 3.63) is 35.4 Å².